The quantitative estimate of drug-likeness (QED) is 0.932. The minimum Gasteiger partial charge on any atom is -0.310 e. The Morgan fingerprint density at radius 1 is 1.24 bits per heavy atom. The molecule has 21 heavy (non-hydrogen) atoms. The van der Waals surface area contributed by atoms with Crippen LogP contribution >= 0.6 is 0 Å². The predicted molar refractivity (Wildman–Crippen MR) is 84.8 cm³/mol. The first-order chi connectivity index (χ1) is 10.3. The fourth-order valence-corrected chi connectivity index (χ4v) is 3.25. The van der Waals surface area contributed by atoms with E-state index in [2.05, 4.69) is 40.0 Å². The zero-order valence-electron chi connectivity index (χ0n) is 12.7. The molecular weight excluding hydrogens is 258 g/mol. The van der Waals surface area contributed by atoms with Crippen molar-refractivity contribution in [2.75, 3.05) is 0 Å². The van der Waals surface area contributed by atoms with Gasteiger partial charge in [0, 0.05) is 24.0 Å². The summed E-state index contributed by atoms with van der Waals surface area (Å²) >= 11 is 0. The largest absolute Gasteiger partial charge is 0.310 e. The summed E-state index contributed by atoms with van der Waals surface area (Å²) in [7, 11) is 0. The third-order valence-corrected chi connectivity index (χ3v) is 4.74. The van der Waals surface area contributed by atoms with Crippen molar-refractivity contribution in [1.29, 1.82) is 0 Å². The van der Waals surface area contributed by atoms with E-state index in [4.69, 9.17) is 0 Å². The third kappa shape index (κ3) is 2.62. The summed E-state index contributed by atoms with van der Waals surface area (Å²) in [6.07, 6.45) is 9.59. The topological polar surface area (TPSA) is 29.9 Å². The Morgan fingerprint density at radius 3 is 2.95 bits per heavy atom. The van der Waals surface area contributed by atoms with E-state index in [1.54, 1.807) is 0 Å². The van der Waals surface area contributed by atoms with Crippen molar-refractivity contribution < 1.29 is 0 Å². The van der Waals surface area contributed by atoms with Gasteiger partial charge in [-0.25, -0.2) is 4.98 Å². The lowest BCUT2D eigenvalue weighted by molar-refractivity contribution is 0.655. The first-order valence-electron chi connectivity index (χ1n) is 8.19. The van der Waals surface area contributed by atoms with E-state index in [0.717, 1.165) is 19.0 Å². The van der Waals surface area contributed by atoms with Gasteiger partial charge in [-0.15, -0.1) is 0 Å². The summed E-state index contributed by atoms with van der Waals surface area (Å²) in [5.74, 6) is 0. The van der Waals surface area contributed by atoms with Crippen molar-refractivity contribution in [3.8, 4) is 5.69 Å². The highest BCUT2D eigenvalue weighted by molar-refractivity contribution is 5.45. The molecule has 1 aromatic heterocycles. The molecule has 3 heteroatoms. The van der Waals surface area contributed by atoms with E-state index in [-0.39, 0.29) is 0 Å². The maximum Gasteiger partial charge on any atom is 0.0997 e. The first kappa shape index (κ1) is 13.1. The van der Waals surface area contributed by atoms with Crippen LogP contribution < -0.4 is 5.32 Å². The molecule has 0 radical (unpaired) electrons. The molecule has 0 amide bonds. The van der Waals surface area contributed by atoms with Crippen LogP contribution in [0.2, 0.25) is 0 Å². The molecule has 1 N–H and O–H groups in total. The molecule has 3 nitrogen and oxygen atoms in total. The van der Waals surface area contributed by atoms with Gasteiger partial charge in [0.1, 0.15) is 0 Å². The van der Waals surface area contributed by atoms with Gasteiger partial charge in [-0.05, 0) is 62.6 Å². The van der Waals surface area contributed by atoms with Crippen LogP contribution in [-0.4, -0.2) is 15.6 Å². The van der Waals surface area contributed by atoms with Crippen molar-refractivity contribution in [3.05, 3.63) is 47.0 Å². The monoisotopic (exact) mass is 281 g/mol. The Kier molecular flexibility index (Phi) is 3.30. The fourth-order valence-electron chi connectivity index (χ4n) is 3.25. The lowest BCUT2D eigenvalue weighted by Crippen LogP contribution is -2.15. The maximum absolute atomic E-state index is 4.64. The van der Waals surface area contributed by atoms with Crippen LogP contribution in [-0.2, 0) is 19.4 Å². The number of benzene rings is 1. The van der Waals surface area contributed by atoms with Gasteiger partial charge >= 0.3 is 0 Å². The summed E-state index contributed by atoms with van der Waals surface area (Å²) in [6.45, 7) is 3.18. The van der Waals surface area contributed by atoms with Crippen LogP contribution in [0, 0.1) is 6.92 Å². The molecule has 0 bridgehead atoms. The van der Waals surface area contributed by atoms with Crippen LogP contribution in [0.5, 0.6) is 0 Å². The van der Waals surface area contributed by atoms with Crippen molar-refractivity contribution in [3.63, 3.8) is 0 Å². The molecule has 2 aromatic rings. The smallest absolute Gasteiger partial charge is 0.0997 e. The zero-order valence-corrected chi connectivity index (χ0v) is 12.7. The minimum atomic E-state index is 0.760. The molecule has 2 aliphatic rings. The molecule has 1 fully saturated rings. The highest BCUT2D eigenvalue weighted by Crippen LogP contribution is 2.26. The van der Waals surface area contributed by atoms with Gasteiger partial charge in [0.15, 0.2) is 0 Å². The normalized spacial score (nSPS) is 17.8. The second-order valence-corrected chi connectivity index (χ2v) is 6.49. The van der Waals surface area contributed by atoms with Crippen molar-refractivity contribution in [1.82, 2.24) is 14.9 Å². The van der Waals surface area contributed by atoms with Gasteiger partial charge in [0.05, 0.1) is 12.0 Å². The van der Waals surface area contributed by atoms with Gasteiger partial charge in [0.2, 0.25) is 0 Å². The van der Waals surface area contributed by atoms with Crippen molar-refractivity contribution >= 4 is 0 Å². The van der Waals surface area contributed by atoms with Gasteiger partial charge in [-0.1, -0.05) is 12.1 Å². The zero-order chi connectivity index (χ0) is 14.2. The number of aromatic nitrogens is 2. The van der Waals surface area contributed by atoms with E-state index in [0.29, 0.717) is 0 Å². The molecular formula is C18H23N3. The second-order valence-electron chi connectivity index (χ2n) is 6.49. The summed E-state index contributed by atoms with van der Waals surface area (Å²) in [4.78, 5) is 4.64. The van der Waals surface area contributed by atoms with Gasteiger partial charge in [-0.3, -0.25) is 0 Å². The lowest BCUT2D eigenvalue weighted by Gasteiger charge is -2.16. The highest BCUT2D eigenvalue weighted by Gasteiger charge is 2.20. The Balaban J connectivity index is 1.66. The van der Waals surface area contributed by atoms with E-state index < -0.39 is 0 Å². The summed E-state index contributed by atoms with van der Waals surface area (Å²) in [5, 5.41) is 3.60. The van der Waals surface area contributed by atoms with Crippen LogP contribution in [0.25, 0.3) is 5.69 Å². The van der Waals surface area contributed by atoms with E-state index in [9.17, 15) is 0 Å². The summed E-state index contributed by atoms with van der Waals surface area (Å²) in [5.41, 5.74) is 6.75. The van der Waals surface area contributed by atoms with E-state index in [1.165, 1.54) is 60.3 Å². The van der Waals surface area contributed by atoms with E-state index >= 15 is 0 Å². The predicted octanol–water partition coefficient (Wildman–Crippen LogP) is 3.31. The third-order valence-electron chi connectivity index (χ3n) is 4.74. The molecule has 110 valence electrons. The number of imidazole rings is 1. The summed E-state index contributed by atoms with van der Waals surface area (Å²) in [6, 6.07) is 7.59. The molecule has 1 aromatic carbocycles. The molecule has 2 aliphatic carbocycles. The van der Waals surface area contributed by atoms with Crippen LogP contribution in [0.4, 0.5) is 0 Å². The molecule has 4 rings (SSSR count). The Labute approximate surface area is 126 Å². The number of rotatable bonds is 4. The number of hydrogen-bond acceptors (Lipinski definition) is 2. The molecule has 0 aliphatic heterocycles. The Hall–Kier alpha value is -1.61. The maximum atomic E-state index is 4.64. The first-order valence-corrected chi connectivity index (χ1v) is 8.19. The highest BCUT2D eigenvalue weighted by atomic mass is 15.1. The fraction of sp³-hybridized carbons (Fsp3) is 0.500. The minimum absolute atomic E-state index is 0.760. The number of fused-ring (bicyclic) bond motifs is 1. The average molecular weight is 281 g/mol. The lowest BCUT2D eigenvalue weighted by atomic mass is 10.0. The molecule has 0 spiro atoms. The van der Waals surface area contributed by atoms with Crippen LogP contribution in [0.15, 0.2) is 24.5 Å². The number of aryl methyl sites for hydroxylation is 2. The molecule has 0 unspecified atom stereocenters. The molecule has 1 saturated carbocycles. The Bertz CT molecular complexity index is 652. The van der Waals surface area contributed by atoms with Crippen molar-refractivity contribution in [2.45, 2.75) is 58.0 Å². The number of nitrogens with zero attached hydrogens (tertiary/aromatic N) is 2. The van der Waals surface area contributed by atoms with Gasteiger partial charge in [0.25, 0.3) is 0 Å². The Morgan fingerprint density at radius 2 is 2.10 bits per heavy atom. The molecule has 0 saturated heterocycles. The van der Waals surface area contributed by atoms with Crippen molar-refractivity contribution in [2.24, 2.45) is 0 Å². The average Bonchev–Trinajstić information content (AvgIpc) is 3.25. The standard InChI is InChI=1S/C18H23N3/c1-13-6-7-14(11-19-15-8-9-15)10-18(13)21-12-20-16-4-2-3-5-17(16)21/h6-7,10,12,15,19H,2-5,8-9,11H2,1H3. The molecule has 0 atom stereocenters. The van der Waals surface area contributed by atoms with Gasteiger partial charge in [-0.2, -0.15) is 0 Å². The van der Waals surface area contributed by atoms with Crippen LogP contribution in [0.1, 0.15) is 48.2 Å². The van der Waals surface area contributed by atoms with Gasteiger partial charge < -0.3 is 9.88 Å². The second kappa shape index (κ2) is 5.30. The van der Waals surface area contributed by atoms with E-state index in [1.807, 2.05) is 6.33 Å². The van der Waals surface area contributed by atoms with Crippen LogP contribution in [0.3, 0.4) is 0 Å². The molecule has 1 heterocycles. The summed E-state index contributed by atoms with van der Waals surface area (Å²) < 4.78 is 2.32. The SMILES string of the molecule is Cc1ccc(CNC2CC2)cc1-n1cnc2c1CCCC2. The number of nitrogens with one attached hydrogen (secondary N) is 1. The number of hydrogen-bond donors (Lipinski definition) is 1.